The molecule has 0 saturated heterocycles. The molecule has 1 aromatic heterocycles. The number of aromatic nitrogens is 2. The van der Waals surface area contributed by atoms with Crippen LogP contribution in [0.4, 0.5) is 17.3 Å². The summed E-state index contributed by atoms with van der Waals surface area (Å²) in [5.41, 5.74) is 7.50. The molecule has 0 amide bonds. The second-order valence-corrected chi connectivity index (χ2v) is 5.20. The van der Waals surface area contributed by atoms with Gasteiger partial charge in [0.1, 0.15) is 17.5 Å². The van der Waals surface area contributed by atoms with E-state index in [4.69, 9.17) is 5.84 Å². The standard InChI is InChI=1S/C15H19N5/c1-9-14(17-10(2)18-15(9)20-16)19-13-7-6-11-4-3-5-12(11)8-13/h6-8H,3-5,16H2,1-2H3,(H2,17,18,19,20). The van der Waals surface area contributed by atoms with Gasteiger partial charge < -0.3 is 10.7 Å². The Morgan fingerprint density at radius 3 is 2.60 bits per heavy atom. The summed E-state index contributed by atoms with van der Waals surface area (Å²) in [6.45, 7) is 3.80. The maximum absolute atomic E-state index is 5.49. The maximum Gasteiger partial charge on any atom is 0.148 e. The second-order valence-electron chi connectivity index (χ2n) is 5.20. The van der Waals surface area contributed by atoms with E-state index >= 15 is 0 Å². The molecular formula is C15H19N5. The van der Waals surface area contributed by atoms with Gasteiger partial charge in [0, 0.05) is 11.3 Å². The molecule has 0 fully saturated rings. The van der Waals surface area contributed by atoms with E-state index in [2.05, 4.69) is 38.9 Å². The Hall–Kier alpha value is -2.14. The highest BCUT2D eigenvalue weighted by Crippen LogP contribution is 2.28. The van der Waals surface area contributed by atoms with Crippen LogP contribution in [0.1, 0.15) is 28.9 Å². The van der Waals surface area contributed by atoms with Gasteiger partial charge in [-0.25, -0.2) is 15.8 Å². The van der Waals surface area contributed by atoms with Crippen molar-refractivity contribution in [2.45, 2.75) is 33.1 Å². The predicted octanol–water partition coefficient (Wildman–Crippen LogP) is 2.61. The van der Waals surface area contributed by atoms with Gasteiger partial charge in [-0.05, 0) is 56.4 Å². The first-order valence-electron chi connectivity index (χ1n) is 6.88. The van der Waals surface area contributed by atoms with Crippen LogP contribution in [0, 0.1) is 13.8 Å². The van der Waals surface area contributed by atoms with E-state index in [1.54, 1.807) is 0 Å². The molecule has 1 aromatic carbocycles. The maximum atomic E-state index is 5.49. The van der Waals surface area contributed by atoms with Crippen LogP contribution in [0.15, 0.2) is 18.2 Å². The summed E-state index contributed by atoms with van der Waals surface area (Å²) in [5, 5.41) is 3.37. The van der Waals surface area contributed by atoms with Gasteiger partial charge in [0.2, 0.25) is 0 Å². The molecule has 1 aliphatic rings. The van der Waals surface area contributed by atoms with Crippen LogP contribution in [0.2, 0.25) is 0 Å². The number of nitrogens with one attached hydrogen (secondary N) is 2. The molecule has 0 atom stereocenters. The normalized spacial score (nSPS) is 13.2. The summed E-state index contributed by atoms with van der Waals surface area (Å²) in [6, 6.07) is 6.53. The molecule has 0 aliphatic heterocycles. The van der Waals surface area contributed by atoms with Crippen LogP contribution < -0.4 is 16.6 Å². The van der Waals surface area contributed by atoms with Crippen LogP contribution >= 0.6 is 0 Å². The Morgan fingerprint density at radius 2 is 1.80 bits per heavy atom. The minimum absolute atomic E-state index is 0.654. The van der Waals surface area contributed by atoms with Crippen molar-refractivity contribution in [3.8, 4) is 0 Å². The number of fused-ring (bicyclic) bond motifs is 1. The molecule has 0 radical (unpaired) electrons. The summed E-state index contributed by atoms with van der Waals surface area (Å²) in [5.74, 6) is 7.62. The smallest absolute Gasteiger partial charge is 0.148 e. The molecule has 104 valence electrons. The van der Waals surface area contributed by atoms with Gasteiger partial charge in [-0.3, -0.25) is 0 Å². The molecule has 20 heavy (non-hydrogen) atoms. The molecule has 0 spiro atoms. The first kappa shape index (κ1) is 12.9. The van der Waals surface area contributed by atoms with Crippen molar-refractivity contribution >= 4 is 17.3 Å². The van der Waals surface area contributed by atoms with E-state index in [1.807, 2.05) is 13.8 Å². The summed E-state index contributed by atoms with van der Waals surface area (Å²) < 4.78 is 0. The quantitative estimate of drug-likeness (QED) is 0.590. The average Bonchev–Trinajstić information content (AvgIpc) is 2.90. The largest absolute Gasteiger partial charge is 0.340 e. The van der Waals surface area contributed by atoms with E-state index < -0.39 is 0 Å². The van der Waals surface area contributed by atoms with Crippen molar-refractivity contribution in [1.29, 1.82) is 0 Å². The lowest BCUT2D eigenvalue weighted by Gasteiger charge is -2.13. The Balaban J connectivity index is 1.93. The highest BCUT2D eigenvalue weighted by molar-refractivity contribution is 5.65. The lowest BCUT2D eigenvalue weighted by atomic mass is 10.1. The lowest BCUT2D eigenvalue weighted by Crippen LogP contribution is -2.13. The minimum atomic E-state index is 0.654. The molecule has 1 heterocycles. The molecule has 5 nitrogen and oxygen atoms in total. The highest BCUT2D eigenvalue weighted by atomic mass is 15.3. The number of nitrogen functional groups attached to an aromatic ring is 1. The van der Waals surface area contributed by atoms with Gasteiger partial charge in [0.15, 0.2) is 0 Å². The van der Waals surface area contributed by atoms with Crippen LogP contribution in [0.3, 0.4) is 0 Å². The fourth-order valence-corrected chi connectivity index (χ4v) is 2.68. The van der Waals surface area contributed by atoms with Gasteiger partial charge in [0.05, 0.1) is 0 Å². The summed E-state index contributed by atoms with van der Waals surface area (Å²) in [6.07, 6.45) is 3.62. The predicted molar refractivity (Wildman–Crippen MR) is 81.1 cm³/mol. The van der Waals surface area contributed by atoms with Gasteiger partial charge in [-0.15, -0.1) is 0 Å². The molecule has 2 aromatic rings. The third kappa shape index (κ3) is 2.32. The number of aryl methyl sites for hydroxylation is 3. The number of hydrogen-bond donors (Lipinski definition) is 3. The van der Waals surface area contributed by atoms with Crippen molar-refractivity contribution < 1.29 is 0 Å². The first-order chi connectivity index (χ1) is 9.67. The number of benzene rings is 1. The number of rotatable bonds is 3. The first-order valence-corrected chi connectivity index (χ1v) is 6.88. The van der Waals surface area contributed by atoms with E-state index in [0.717, 1.165) is 17.1 Å². The fourth-order valence-electron chi connectivity index (χ4n) is 2.68. The average molecular weight is 269 g/mol. The van der Waals surface area contributed by atoms with E-state index in [1.165, 1.54) is 30.4 Å². The van der Waals surface area contributed by atoms with Gasteiger partial charge in [0.25, 0.3) is 0 Å². The second kappa shape index (κ2) is 5.09. The van der Waals surface area contributed by atoms with Crippen LogP contribution in [0.5, 0.6) is 0 Å². The monoisotopic (exact) mass is 269 g/mol. The van der Waals surface area contributed by atoms with Gasteiger partial charge in [-0.2, -0.15) is 0 Å². The zero-order valence-electron chi connectivity index (χ0n) is 11.8. The zero-order valence-corrected chi connectivity index (χ0v) is 11.8. The number of nitrogens with two attached hydrogens (primary N) is 1. The van der Waals surface area contributed by atoms with Crippen molar-refractivity contribution in [2.24, 2.45) is 5.84 Å². The molecule has 3 rings (SSSR count). The molecule has 5 heteroatoms. The van der Waals surface area contributed by atoms with Crippen molar-refractivity contribution in [1.82, 2.24) is 9.97 Å². The van der Waals surface area contributed by atoms with Gasteiger partial charge in [-0.1, -0.05) is 6.07 Å². The third-order valence-corrected chi connectivity index (χ3v) is 3.76. The van der Waals surface area contributed by atoms with Gasteiger partial charge >= 0.3 is 0 Å². The SMILES string of the molecule is Cc1nc(NN)c(C)c(Nc2ccc3c(c2)CCC3)n1. The van der Waals surface area contributed by atoms with Crippen LogP contribution in [-0.4, -0.2) is 9.97 Å². The summed E-state index contributed by atoms with van der Waals surface area (Å²) in [7, 11) is 0. The van der Waals surface area contributed by atoms with Crippen molar-refractivity contribution in [2.75, 3.05) is 10.7 Å². The topological polar surface area (TPSA) is 75.9 Å². The zero-order chi connectivity index (χ0) is 14.1. The molecule has 0 bridgehead atoms. The molecule has 4 N–H and O–H groups in total. The van der Waals surface area contributed by atoms with Crippen LogP contribution in [-0.2, 0) is 12.8 Å². The lowest BCUT2D eigenvalue weighted by molar-refractivity contribution is 0.912. The molecule has 0 unspecified atom stereocenters. The number of hydrazine groups is 1. The minimum Gasteiger partial charge on any atom is -0.340 e. The number of anilines is 3. The Morgan fingerprint density at radius 1 is 1.05 bits per heavy atom. The van der Waals surface area contributed by atoms with Crippen LogP contribution in [0.25, 0.3) is 0 Å². The summed E-state index contributed by atoms with van der Waals surface area (Å²) >= 11 is 0. The Labute approximate surface area is 118 Å². The van der Waals surface area contributed by atoms with Crippen molar-refractivity contribution in [3.05, 3.63) is 40.7 Å². The third-order valence-electron chi connectivity index (χ3n) is 3.76. The van der Waals surface area contributed by atoms with E-state index in [0.29, 0.717) is 11.6 Å². The van der Waals surface area contributed by atoms with E-state index in [9.17, 15) is 0 Å². The Kier molecular flexibility index (Phi) is 3.28. The van der Waals surface area contributed by atoms with Crippen molar-refractivity contribution in [3.63, 3.8) is 0 Å². The Bertz CT molecular complexity index is 651. The molecule has 1 aliphatic carbocycles. The molecule has 0 saturated carbocycles. The summed E-state index contributed by atoms with van der Waals surface area (Å²) in [4.78, 5) is 8.72. The number of nitrogens with zero attached hydrogens (tertiary/aromatic N) is 2. The number of hydrogen-bond acceptors (Lipinski definition) is 5. The van der Waals surface area contributed by atoms with E-state index in [-0.39, 0.29) is 0 Å². The highest BCUT2D eigenvalue weighted by Gasteiger charge is 2.12. The fraction of sp³-hybridized carbons (Fsp3) is 0.333. The molecular weight excluding hydrogens is 250 g/mol.